The molecule has 1 aromatic heterocycles. The predicted molar refractivity (Wildman–Crippen MR) is 102 cm³/mol. The summed E-state index contributed by atoms with van der Waals surface area (Å²) in [4.78, 5) is 14.3. The van der Waals surface area contributed by atoms with Crippen LogP contribution < -0.4 is 5.32 Å². The summed E-state index contributed by atoms with van der Waals surface area (Å²) in [5, 5.41) is 17.1. The quantitative estimate of drug-likeness (QED) is 0.764. The van der Waals surface area contributed by atoms with Crippen LogP contribution in [0, 0.1) is 0 Å². The number of carbonyl (C=O) groups excluding carboxylic acids is 1. The molecule has 1 fully saturated rings. The second-order valence-corrected chi connectivity index (χ2v) is 7.79. The Labute approximate surface area is 157 Å². The molecule has 0 atom stereocenters. The standard InChI is InChI=1S/C19H23ClN2O2S/c20-17-4-2-16(3-5-17)19(7-1-8-19)14-21-18(24)22(9-10-23)12-15-6-11-25-13-15/h2-6,11,13,23H,1,7-10,12,14H2,(H,21,24). The van der Waals surface area contributed by atoms with E-state index < -0.39 is 0 Å². The van der Waals surface area contributed by atoms with Crippen LogP contribution in [-0.2, 0) is 12.0 Å². The van der Waals surface area contributed by atoms with Crippen LogP contribution in [0.4, 0.5) is 4.79 Å². The van der Waals surface area contributed by atoms with Crippen LogP contribution in [0.1, 0.15) is 30.4 Å². The third-order valence-electron chi connectivity index (χ3n) is 4.96. The fourth-order valence-corrected chi connectivity index (χ4v) is 4.09. The highest BCUT2D eigenvalue weighted by molar-refractivity contribution is 7.07. The van der Waals surface area contributed by atoms with Gasteiger partial charge in [0.25, 0.3) is 0 Å². The van der Waals surface area contributed by atoms with E-state index >= 15 is 0 Å². The van der Waals surface area contributed by atoms with Crippen LogP contribution in [0.5, 0.6) is 0 Å². The van der Waals surface area contributed by atoms with Crippen molar-refractivity contribution in [3.8, 4) is 0 Å². The summed E-state index contributed by atoms with van der Waals surface area (Å²) in [6.07, 6.45) is 3.31. The van der Waals surface area contributed by atoms with Gasteiger partial charge in [0.1, 0.15) is 0 Å². The number of benzene rings is 1. The van der Waals surface area contributed by atoms with E-state index in [0.29, 0.717) is 19.6 Å². The van der Waals surface area contributed by atoms with E-state index in [1.165, 1.54) is 12.0 Å². The van der Waals surface area contributed by atoms with Crippen molar-refractivity contribution in [2.75, 3.05) is 19.7 Å². The molecule has 0 radical (unpaired) electrons. The van der Waals surface area contributed by atoms with E-state index in [-0.39, 0.29) is 18.1 Å². The Balaban J connectivity index is 1.63. The minimum atomic E-state index is -0.125. The number of nitrogens with zero attached hydrogens (tertiary/aromatic N) is 1. The Kier molecular flexibility index (Phi) is 5.99. The number of amides is 2. The van der Waals surface area contributed by atoms with E-state index in [4.69, 9.17) is 11.6 Å². The summed E-state index contributed by atoms with van der Waals surface area (Å²) in [5.74, 6) is 0. The average molecular weight is 379 g/mol. The van der Waals surface area contributed by atoms with Gasteiger partial charge in [-0.25, -0.2) is 4.79 Å². The molecule has 1 aromatic carbocycles. The minimum Gasteiger partial charge on any atom is -0.395 e. The topological polar surface area (TPSA) is 52.6 Å². The Morgan fingerprint density at radius 3 is 2.60 bits per heavy atom. The molecule has 0 unspecified atom stereocenters. The first-order chi connectivity index (χ1) is 12.1. The first-order valence-corrected chi connectivity index (χ1v) is 9.86. The van der Waals surface area contributed by atoms with Crippen molar-refractivity contribution in [1.82, 2.24) is 10.2 Å². The molecule has 0 spiro atoms. The summed E-state index contributed by atoms with van der Waals surface area (Å²) < 4.78 is 0. The van der Waals surface area contributed by atoms with E-state index in [9.17, 15) is 9.90 Å². The van der Waals surface area contributed by atoms with Gasteiger partial charge in [-0.05, 0) is 52.9 Å². The van der Waals surface area contributed by atoms with Crippen LogP contribution in [0.2, 0.25) is 5.02 Å². The van der Waals surface area contributed by atoms with Gasteiger partial charge < -0.3 is 15.3 Å². The number of nitrogens with one attached hydrogen (secondary N) is 1. The molecule has 1 aliphatic carbocycles. The van der Waals surface area contributed by atoms with Crippen molar-refractivity contribution in [2.45, 2.75) is 31.2 Å². The number of hydrogen-bond donors (Lipinski definition) is 2. The van der Waals surface area contributed by atoms with Gasteiger partial charge in [0.05, 0.1) is 6.61 Å². The van der Waals surface area contributed by atoms with E-state index in [0.717, 1.165) is 23.4 Å². The lowest BCUT2D eigenvalue weighted by atomic mass is 9.64. The lowest BCUT2D eigenvalue weighted by molar-refractivity contribution is 0.165. The molecule has 0 bridgehead atoms. The van der Waals surface area contributed by atoms with Crippen molar-refractivity contribution in [1.29, 1.82) is 0 Å². The molecule has 134 valence electrons. The summed E-state index contributed by atoms with van der Waals surface area (Å²) in [6.45, 7) is 1.42. The van der Waals surface area contributed by atoms with Crippen molar-refractivity contribution in [3.05, 3.63) is 57.2 Å². The molecule has 25 heavy (non-hydrogen) atoms. The Morgan fingerprint density at radius 2 is 2.04 bits per heavy atom. The Hall–Kier alpha value is -1.56. The number of hydrogen-bond acceptors (Lipinski definition) is 3. The summed E-state index contributed by atoms with van der Waals surface area (Å²) in [5.41, 5.74) is 2.33. The van der Waals surface area contributed by atoms with Crippen molar-refractivity contribution < 1.29 is 9.90 Å². The number of rotatable bonds is 7. The molecule has 1 saturated carbocycles. The third kappa shape index (κ3) is 4.35. The van der Waals surface area contributed by atoms with E-state index in [1.807, 2.05) is 29.0 Å². The van der Waals surface area contributed by atoms with Gasteiger partial charge in [-0.1, -0.05) is 30.2 Å². The SMILES string of the molecule is O=C(NCC1(c2ccc(Cl)cc2)CCC1)N(CCO)Cc1ccsc1. The molecule has 4 nitrogen and oxygen atoms in total. The second-order valence-electron chi connectivity index (χ2n) is 6.58. The zero-order valence-electron chi connectivity index (χ0n) is 14.1. The maximum atomic E-state index is 12.6. The summed E-state index contributed by atoms with van der Waals surface area (Å²) in [6, 6.07) is 9.82. The summed E-state index contributed by atoms with van der Waals surface area (Å²) in [7, 11) is 0. The van der Waals surface area contributed by atoms with E-state index in [2.05, 4.69) is 17.4 Å². The zero-order valence-corrected chi connectivity index (χ0v) is 15.7. The van der Waals surface area contributed by atoms with Gasteiger partial charge in [-0.3, -0.25) is 0 Å². The Morgan fingerprint density at radius 1 is 1.28 bits per heavy atom. The van der Waals surface area contributed by atoms with Gasteiger partial charge >= 0.3 is 6.03 Å². The highest BCUT2D eigenvalue weighted by Crippen LogP contribution is 2.43. The van der Waals surface area contributed by atoms with Gasteiger partial charge in [-0.15, -0.1) is 0 Å². The van der Waals surface area contributed by atoms with Crippen molar-refractivity contribution in [2.24, 2.45) is 0 Å². The molecular weight excluding hydrogens is 356 g/mol. The van der Waals surface area contributed by atoms with Crippen LogP contribution >= 0.6 is 22.9 Å². The maximum absolute atomic E-state index is 12.6. The van der Waals surface area contributed by atoms with E-state index in [1.54, 1.807) is 16.2 Å². The molecular formula is C19H23ClN2O2S. The fourth-order valence-electron chi connectivity index (χ4n) is 3.31. The monoisotopic (exact) mass is 378 g/mol. The average Bonchev–Trinajstić information content (AvgIpc) is 3.08. The minimum absolute atomic E-state index is 0.00745. The highest BCUT2D eigenvalue weighted by Gasteiger charge is 2.39. The fraction of sp³-hybridized carbons (Fsp3) is 0.421. The Bertz CT molecular complexity index is 684. The van der Waals surface area contributed by atoms with Gasteiger partial charge in [-0.2, -0.15) is 11.3 Å². The number of aliphatic hydroxyl groups excluding tert-OH is 1. The number of urea groups is 1. The van der Waals surface area contributed by atoms with Gasteiger partial charge in [0.15, 0.2) is 0 Å². The number of thiophene rings is 1. The largest absolute Gasteiger partial charge is 0.395 e. The third-order valence-corrected chi connectivity index (χ3v) is 5.94. The molecule has 6 heteroatoms. The van der Waals surface area contributed by atoms with Gasteiger partial charge in [0, 0.05) is 30.1 Å². The lowest BCUT2D eigenvalue weighted by Gasteiger charge is -2.43. The molecule has 2 N–H and O–H groups in total. The molecule has 0 saturated heterocycles. The first kappa shape index (κ1) is 18.2. The maximum Gasteiger partial charge on any atom is 0.317 e. The van der Waals surface area contributed by atoms with Crippen molar-refractivity contribution in [3.63, 3.8) is 0 Å². The smallest absolute Gasteiger partial charge is 0.317 e. The van der Waals surface area contributed by atoms with Crippen LogP contribution in [0.25, 0.3) is 0 Å². The predicted octanol–water partition coefficient (Wildman–Crippen LogP) is 4.03. The van der Waals surface area contributed by atoms with Crippen LogP contribution in [0.3, 0.4) is 0 Å². The normalized spacial score (nSPS) is 15.4. The van der Waals surface area contributed by atoms with Gasteiger partial charge in [0.2, 0.25) is 0 Å². The summed E-state index contributed by atoms with van der Waals surface area (Å²) >= 11 is 7.60. The lowest BCUT2D eigenvalue weighted by Crippen LogP contribution is -2.49. The van der Waals surface area contributed by atoms with Crippen LogP contribution in [0.15, 0.2) is 41.1 Å². The molecule has 1 aliphatic rings. The number of carbonyl (C=O) groups is 1. The number of halogens is 1. The molecule has 0 aliphatic heterocycles. The highest BCUT2D eigenvalue weighted by atomic mass is 35.5. The molecule has 2 aromatic rings. The van der Waals surface area contributed by atoms with Crippen molar-refractivity contribution >= 4 is 29.0 Å². The second kappa shape index (κ2) is 8.21. The molecule has 2 amide bonds. The first-order valence-electron chi connectivity index (χ1n) is 8.54. The van der Waals surface area contributed by atoms with Crippen LogP contribution in [-0.4, -0.2) is 35.7 Å². The molecule has 1 heterocycles. The number of aliphatic hydroxyl groups is 1. The zero-order chi connectivity index (χ0) is 17.7. The molecule has 3 rings (SSSR count).